The molecule has 0 radical (unpaired) electrons. The van der Waals surface area contributed by atoms with Crippen LogP contribution in [0, 0.1) is 0 Å². The zero-order chi connectivity index (χ0) is 20.4. The van der Waals surface area contributed by atoms with Crippen molar-refractivity contribution in [1.82, 2.24) is 19.5 Å². The molecular weight excluding hydrogens is 379 g/mol. The van der Waals surface area contributed by atoms with E-state index in [-0.39, 0.29) is 0 Å². The predicted octanol–water partition coefficient (Wildman–Crippen LogP) is 5.53. The first-order chi connectivity index (χ1) is 14.0. The maximum absolute atomic E-state index is 12.7. The van der Waals surface area contributed by atoms with Gasteiger partial charge in [0.05, 0.1) is 29.0 Å². The van der Waals surface area contributed by atoms with E-state index < -0.39 is 11.7 Å². The number of nitrogens with one attached hydrogen (secondary N) is 1. The molecule has 0 amide bonds. The molecule has 0 bridgehead atoms. The molecular formula is C21H18F3N5. The maximum Gasteiger partial charge on any atom is 0.416 e. The molecule has 1 N–H and O–H groups in total. The van der Waals surface area contributed by atoms with E-state index in [1.54, 1.807) is 6.20 Å². The van der Waals surface area contributed by atoms with Crippen LogP contribution in [0.3, 0.4) is 0 Å². The van der Waals surface area contributed by atoms with Crippen molar-refractivity contribution in [2.24, 2.45) is 0 Å². The molecule has 0 atom stereocenters. The second-order valence-corrected chi connectivity index (χ2v) is 6.56. The number of para-hydroxylation sites is 2. The highest BCUT2D eigenvalue weighted by atomic mass is 19.4. The largest absolute Gasteiger partial charge is 0.416 e. The average Bonchev–Trinajstić information content (AvgIpc) is 3.06. The Bertz CT molecular complexity index is 1130. The lowest BCUT2D eigenvalue weighted by atomic mass is 10.2. The molecule has 2 heterocycles. The quantitative estimate of drug-likeness (QED) is 0.481. The summed E-state index contributed by atoms with van der Waals surface area (Å²) in [5, 5.41) is 3.01. The van der Waals surface area contributed by atoms with Crippen LogP contribution in [0.15, 0.2) is 60.9 Å². The monoisotopic (exact) mass is 397 g/mol. The third kappa shape index (κ3) is 3.91. The van der Waals surface area contributed by atoms with Crippen molar-refractivity contribution in [2.45, 2.75) is 25.9 Å². The van der Waals surface area contributed by atoms with Crippen LogP contribution in [0.25, 0.3) is 16.9 Å². The van der Waals surface area contributed by atoms with Gasteiger partial charge in [-0.1, -0.05) is 19.1 Å². The van der Waals surface area contributed by atoms with Crippen molar-refractivity contribution in [2.75, 3.05) is 5.32 Å². The van der Waals surface area contributed by atoms with Crippen LogP contribution >= 0.6 is 0 Å². The first-order valence-electron chi connectivity index (χ1n) is 9.19. The summed E-state index contributed by atoms with van der Waals surface area (Å²) in [6, 6.07) is 12.6. The summed E-state index contributed by atoms with van der Waals surface area (Å²) in [6.45, 7) is 2.08. The molecule has 0 aliphatic heterocycles. The van der Waals surface area contributed by atoms with Gasteiger partial charge in [0.1, 0.15) is 5.82 Å². The fraction of sp³-hybridized carbons (Fsp3) is 0.190. The van der Waals surface area contributed by atoms with Gasteiger partial charge in [-0.25, -0.2) is 9.97 Å². The van der Waals surface area contributed by atoms with Crippen LogP contribution in [0.4, 0.5) is 24.7 Å². The van der Waals surface area contributed by atoms with Gasteiger partial charge >= 0.3 is 6.18 Å². The number of rotatable bonds is 5. The van der Waals surface area contributed by atoms with E-state index in [0.29, 0.717) is 17.3 Å². The minimum Gasteiger partial charge on any atom is -0.339 e. The second-order valence-electron chi connectivity index (χ2n) is 6.56. The molecule has 5 nitrogen and oxygen atoms in total. The highest BCUT2D eigenvalue weighted by Gasteiger charge is 2.29. The van der Waals surface area contributed by atoms with Crippen LogP contribution in [0.5, 0.6) is 0 Å². The number of halogens is 3. The Hall–Kier alpha value is -3.42. The molecule has 148 valence electrons. The van der Waals surface area contributed by atoms with Crippen LogP contribution < -0.4 is 5.32 Å². The smallest absolute Gasteiger partial charge is 0.339 e. The molecule has 2 aromatic heterocycles. The summed E-state index contributed by atoms with van der Waals surface area (Å²) >= 11 is 0. The fourth-order valence-electron chi connectivity index (χ4n) is 3.14. The van der Waals surface area contributed by atoms with Crippen molar-refractivity contribution in [3.63, 3.8) is 0 Å². The van der Waals surface area contributed by atoms with Gasteiger partial charge in [-0.05, 0) is 42.8 Å². The third-order valence-electron chi connectivity index (χ3n) is 4.44. The van der Waals surface area contributed by atoms with Crippen molar-refractivity contribution in [1.29, 1.82) is 0 Å². The highest BCUT2D eigenvalue weighted by molar-refractivity contribution is 5.78. The van der Waals surface area contributed by atoms with E-state index >= 15 is 0 Å². The molecule has 4 aromatic rings. The van der Waals surface area contributed by atoms with E-state index in [4.69, 9.17) is 4.98 Å². The Balaban J connectivity index is 1.68. The number of hydrogen-bond acceptors (Lipinski definition) is 4. The van der Waals surface area contributed by atoms with Gasteiger partial charge in [-0.2, -0.15) is 13.2 Å². The molecule has 0 fully saturated rings. The van der Waals surface area contributed by atoms with Crippen LogP contribution in [0.2, 0.25) is 0 Å². The van der Waals surface area contributed by atoms with Gasteiger partial charge in [0.25, 0.3) is 0 Å². The van der Waals surface area contributed by atoms with Gasteiger partial charge in [-0.15, -0.1) is 0 Å². The Morgan fingerprint density at radius 2 is 1.72 bits per heavy atom. The lowest BCUT2D eigenvalue weighted by Crippen LogP contribution is -2.06. The van der Waals surface area contributed by atoms with Crippen LogP contribution in [-0.4, -0.2) is 19.5 Å². The van der Waals surface area contributed by atoms with E-state index in [2.05, 4.69) is 22.2 Å². The summed E-state index contributed by atoms with van der Waals surface area (Å²) in [6.07, 6.45) is 0.522. The third-order valence-corrected chi connectivity index (χ3v) is 4.44. The van der Waals surface area contributed by atoms with Crippen LogP contribution in [-0.2, 0) is 12.6 Å². The van der Waals surface area contributed by atoms with E-state index in [0.717, 1.165) is 41.8 Å². The molecule has 29 heavy (non-hydrogen) atoms. The number of aryl methyl sites for hydroxylation is 1. The number of anilines is 2. The van der Waals surface area contributed by atoms with Crippen LogP contribution in [0.1, 0.15) is 24.7 Å². The molecule has 2 aromatic carbocycles. The van der Waals surface area contributed by atoms with E-state index in [1.807, 2.05) is 28.8 Å². The van der Waals surface area contributed by atoms with Crippen molar-refractivity contribution < 1.29 is 13.2 Å². The lowest BCUT2D eigenvalue weighted by Gasteiger charge is -2.11. The number of fused-ring (bicyclic) bond motifs is 1. The second kappa shape index (κ2) is 7.54. The number of alkyl halides is 3. The number of benzene rings is 2. The van der Waals surface area contributed by atoms with Gasteiger partial charge < -0.3 is 5.32 Å². The van der Waals surface area contributed by atoms with Gasteiger partial charge in [0, 0.05) is 12.1 Å². The SMILES string of the molecule is CCCc1nc2ccccc2n1-c1cncc(Nc2ccc(C(F)(F)F)cc2)n1. The summed E-state index contributed by atoms with van der Waals surface area (Å²) in [4.78, 5) is 13.5. The first-order valence-corrected chi connectivity index (χ1v) is 9.19. The molecule has 0 spiro atoms. The van der Waals surface area contributed by atoms with Gasteiger partial charge in [0.2, 0.25) is 0 Å². The first kappa shape index (κ1) is 18.9. The van der Waals surface area contributed by atoms with Crippen molar-refractivity contribution >= 4 is 22.5 Å². The number of hydrogen-bond donors (Lipinski definition) is 1. The van der Waals surface area contributed by atoms with Gasteiger partial charge in [0.15, 0.2) is 11.6 Å². The average molecular weight is 397 g/mol. The summed E-state index contributed by atoms with van der Waals surface area (Å²) < 4.78 is 40.2. The van der Waals surface area contributed by atoms with Crippen molar-refractivity contribution in [3.8, 4) is 5.82 Å². The van der Waals surface area contributed by atoms with E-state index in [1.165, 1.54) is 18.3 Å². The molecule has 0 unspecified atom stereocenters. The Labute approximate surface area is 165 Å². The van der Waals surface area contributed by atoms with E-state index in [9.17, 15) is 13.2 Å². The summed E-state index contributed by atoms with van der Waals surface area (Å²) in [5.41, 5.74) is 1.60. The maximum atomic E-state index is 12.7. The molecule has 0 aliphatic carbocycles. The minimum atomic E-state index is -4.36. The molecule has 0 saturated carbocycles. The molecule has 0 saturated heterocycles. The minimum absolute atomic E-state index is 0.433. The zero-order valence-corrected chi connectivity index (χ0v) is 15.6. The molecule has 4 rings (SSSR count). The Morgan fingerprint density at radius 3 is 2.45 bits per heavy atom. The lowest BCUT2D eigenvalue weighted by molar-refractivity contribution is -0.137. The summed E-state index contributed by atoms with van der Waals surface area (Å²) in [7, 11) is 0. The summed E-state index contributed by atoms with van der Waals surface area (Å²) in [5.74, 6) is 1.91. The zero-order valence-electron chi connectivity index (χ0n) is 15.6. The number of imidazole rings is 1. The predicted molar refractivity (Wildman–Crippen MR) is 105 cm³/mol. The van der Waals surface area contributed by atoms with Gasteiger partial charge in [-0.3, -0.25) is 9.55 Å². The standard InChI is InChI=1S/C21H18F3N5/c1-2-5-19-27-16-6-3-4-7-17(16)29(19)20-13-25-12-18(28-20)26-15-10-8-14(9-11-15)21(22,23)24/h3-4,6-13H,2,5H2,1H3,(H,26,28). The Morgan fingerprint density at radius 1 is 0.966 bits per heavy atom. The number of nitrogens with zero attached hydrogens (tertiary/aromatic N) is 4. The topological polar surface area (TPSA) is 55.6 Å². The molecule has 0 aliphatic rings. The molecule has 8 heteroatoms. The number of aromatic nitrogens is 4. The Kier molecular flexibility index (Phi) is 4.92. The highest BCUT2D eigenvalue weighted by Crippen LogP contribution is 2.30. The fourth-order valence-corrected chi connectivity index (χ4v) is 3.14. The van der Waals surface area contributed by atoms with Crippen molar-refractivity contribution in [3.05, 3.63) is 72.3 Å². The normalized spacial score (nSPS) is 11.7.